The van der Waals surface area contributed by atoms with Crippen LogP contribution < -0.4 is 14.8 Å². The van der Waals surface area contributed by atoms with Gasteiger partial charge in [0.15, 0.2) is 0 Å². The first-order valence-corrected chi connectivity index (χ1v) is 6.01. The van der Waals surface area contributed by atoms with Crippen LogP contribution in [0.5, 0.6) is 11.5 Å². The predicted octanol–water partition coefficient (Wildman–Crippen LogP) is 1.65. The van der Waals surface area contributed by atoms with Crippen LogP contribution in [-0.2, 0) is 11.2 Å². The van der Waals surface area contributed by atoms with Gasteiger partial charge in [0, 0.05) is 0 Å². The van der Waals surface area contributed by atoms with Gasteiger partial charge in [-0.2, -0.15) is 0 Å². The second-order valence-corrected chi connectivity index (χ2v) is 4.14. The normalized spacial score (nSPS) is 10.2. The highest BCUT2D eigenvalue weighted by atomic mass is 16.5. The lowest BCUT2D eigenvalue weighted by Gasteiger charge is -2.16. The van der Waals surface area contributed by atoms with Crippen molar-refractivity contribution in [2.24, 2.45) is 0 Å². The Labute approximate surface area is 108 Å². The summed E-state index contributed by atoms with van der Waals surface area (Å²) >= 11 is 0. The molecule has 0 heterocycles. The highest BCUT2D eigenvalue weighted by Crippen LogP contribution is 2.33. The second-order valence-electron chi connectivity index (χ2n) is 4.14. The Hall–Kier alpha value is -1.55. The van der Waals surface area contributed by atoms with Gasteiger partial charge in [-0.25, -0.2) is 0 Å². The highest BCUT2D eigenvalue weighted by Gasteiger charge is 2.13. The summed E-state index contributed by atoms with van der Waals surface area (Å²) in [6, 6.07) is 2.00. The quantitative estimate of drug-likeness (QED) is 0.591. The number of rotatable bonds is 7. The van der Waals surface area contributed by atoms with Crippen molar-refractivity contribution < 1.29 is 14.3 Å². The van der Waals surface area contributed by atoms with Gasteiger partial charge in [0.25, 0.3) is 0 Å². The Morgan fingerprint density at radius 3 is 2.50 bits per heavy atom. The SMILES string of the molecule is COc1cc(CCNCC=O)c(OC)c(C)c1C. The summed E-state index contributed by atoms with van der Waals surface area (Å²) < 4.78 is 10.8. The fourth-order valence-electron chi connectivity index (χ4n) is 1.99. The smallest absolute Gasteiger partial charge is 0.133 e. The minimum atomic E-state index is 0.379. The van der Waals surface area contributed by atoms with Gasteiger partial charge in [-0.05, 0) is 49.6 Å². The molecule has 18 heavy (non-hydrogen) atoms. The van der Waals surface area contributed by atoms with E-state index in [2.05, 4.69) is 5.32 Å². The molecule has 0 aliphatic heterocycles. The lowest BCUT2D eigenvalue weighted by atomic mass is 10.0. The Bertz CT molecular complexity index is 416. The number of aldehydes is 1. The molecule has 0 saturated heterocycles. The molecule has 0 amide bonds. The van der Waals surface area contributed by atoms with Gasteiger partial charge in [0.05, 0.1) is 20.8 Å². The van der Waals surface area contributed by atoms with Gasteiger partial charge in [-0.15, -0.1) is 0 Å². The number of hydrogen-bond acceptors (Lipinski definition) is 4. The standard InChI is InChI=1S/C14H21NO3/c1-10-11(2)14(18-4)12(9-13(10)17-3)5-6-15-7-8-16/h8-9,15H,5-7H2,1-4H3. The maximum atomic E-state index is 10.2. The van der Waals surface area contributed by atoms with Crippen molar-refractivity contribution in [3.05, 3.63) is 22.8 Å². The van der Waals surface area contributed by atoms with Crippen LogP contribution in [0.2, 0.25) is 0 Å². The fraction of sp³-hybridized carbons (Fsp3) is 0.500. The molecule has 0 aliphatic rings. The summed E-state index contributed by atoms with van der Waals surface area (Å²) in [5.41, 5.74) is 3.29. The first-order chi connectivity index (χ1) is 8.65. The molecular weight excluding hydrogens is 230 g/mol. The minimum Gasteiger partial charge on any atom is -0.496 e. The van der Waals surface area contributed by atoms with Crippen LogP contribution in [0.3, 0.4) is 0 Å². The molecule has 0 atom stereocenters. The topological polar surface area (TPSA) is 47.6 Å². The van der Waals surface area contributed by atoms with Crippen molar-refractivity contribution in [2.45, 2.75) is 20.3 Å². The lowest BCUT2D eigenvalue weighted by Crippen LogP contribution is -2.19. The highest BCUT2D eigenvalue weighted by molar-refractivity contribution is 5.53. The molecule has 1 aromatic carbocycles. The van der Waals surface area contributed by atoms with Gasteiger partial charge in [-0.1, -0.05) is 0 Å². The number of ether oxygens (including phenoxy) is 2. The fourth-order valence-corrected chi connectivity index (χ4v) is 1.99. The first-order valence-electron chi connectivity index (χ1n) is 6.01. The number of carbonyl (C=O) groups is 1. The third-order valence-electron chi connectivity index (χ3n) is 3.09. The molecule has 0 radical (unpaired) electrons. The molecule has 0 aliphatic carbocycles. The van der Waals surface area contributed by atoms with Crippen LogP contribution in [0.25, 0.3) is 0 Å². The van der Waals surface area contributed by atoms with E-state index in [1.165, 1.54) is 0 Å². The Morgan fingerprint density at radius 2 is 1.94 bits per heavy atom. The molecule has 0 saturated carbocycles. The number of carbonyl (C=O) groups excluding carboxylic acids is 1. The number of nitrogens with one attached hydrogen (secondary N) is 1. The molecule has 100 valence electrons. The molecule has 4 nitrogen and oxygen atoms in total. The maximum absolute atomic E-state index is 10.2. The minimum absolute atomic E-state index is 0.379. The van der Waals surface area contributed by atoms with Crippen molar-refractivity contribution in [1.29, 1.82) is 0 Å². The Kier molecular flexibility index (Phi) is 5.65. The molecule has 1 N–H and O–H groups in total. The van der Waals surface area contributed by atoms with Crippen LogP contribution in [0, 0.1) is 13.8 Å². The zero-order chi connectivity index (χ0) is 13.5. The molecule has 0 bridgehead atoms. The largest absolute Gasteiger partial charge is 0.496 e. The third kappa shape index (κ3) is 3.23. The van der Waals surface area contributed by atoms with Crippen molar-refractivity contribution in [2.75, 3.05) is 27.3 Å². The second kappa shape index (κ2) is 7.01. The average Bonchev–Trinajstić information content (AvgIpc) is 2.38. The summed E-state index contributed by atoms with van der Waals surface area (Å²) in [5, 5.41) is 3.04. The average molecular weight is 251 g/mol. The summed E-state index contributed by atoms with van der Waals surface area (Å²) in [6.07, 6.45) is 1.66. The number of hydrogen-bond donors (Lipinski definition) is 1. The molecular formula is C14H21NO3. The number of benzene rings is 1. The molecule has 0 unspecified atom stereocenters. The first kappa shape index (κ1) is 14.5. The summed E-state index contributed by atoms with van der Waals surface area (Å²) in [6.45, 7) is 5.16. The molecule has 1 rings (SSSR count). The Balaban J connectivity index is 2.94. The van der Waals surface area contributed by atoms with Crippen molar-refractivity contribution >= 4 is 6.29 Å². The Morgan fingerprint density at radius 1 is 1.22 bits per heavy atom. The third-order valence-corrected chi connectivity index (χ3v) is 3.09. The van der Waals surface area contributed by atoms with Crippen LogP contribution in [0.4, 0.5) is 0 Å². The zero-order valence-electron chi connectivity index (χ0n) is 11.5. The van der Waals surface area contributed by atoms with Crippen LogP contribution in [0.1, 0.15) is 16.7 Å². The summed E-state index contributed by atoms with van der Waals surface area (Å²) in [7, 11) is 3.35. The molecule has 0 fully saturated rings. The molecule has 4 heteroatoms. The van der Waals surface area contributed by atoms with E-state index in [9.17, 15) is 4.79 Å². The van der Waals surface area contributed by atoms with Crippen molar-refractivity contribution in [3.63, 3.8) is 0 Å². The number of methoxy groups -OCH3 is 2. The van der Waals surface area contributed by atoms with E-state index >= 15 is 0 Å². The monoisotopic (exact) mass is 251 g/mol. The van der Waals surface area contributed by atoms with Gasteiger partial charge in [-0.3, -0.25) is 0 Å². The van der Waals surface area contributed by atoms with E-state index in [0.29, 0.717) is 6.54 Å². The van der Waals surface area contributed by atoms with Gasteiger partial charge in [0.2, 0.25) is 0 Å². The van der Waals surface area contributed by atoms with Crippen molar-refractivity contribution in [1.82, 2.24) is 5.32 Å². The van der Waals surface area contributed by atoms with Crippen LogP contribution >= 0.6 is 0 Å². The van der Waals surface area contributed by atoms with E-state index < -0.39 is 0 Å². The van der Waals surface area contributed by atoms with Gasteiger partial charge in [0.1, 0.15) is 17.8 Å². The summed E-state index contributed by atoms with van der Waals surface area (Å²) in [5.74, 6) is 1.78. The van der Waals surface area contributed by atoms with Crippen LogP contribution in [0.15, 0.2) is 6.07 Å². The van der Waals surface area contributed by atoms with E-state index in [4.69, 9.17) is 9.47 Å². The van der Waals surface area contributed by atoms with E-state index in [-0.39, 0.29) is 0 Å². The van der Waals surface area contributed by atoms with Gasteiger partial charge < -0.3 is 19.6 Å². The van der Waals surface area contributed by atoms with Crippen LogP contribution in [-0.4, -0.2) is 33.6 Å². The molecule has 0 aromatic heterocycles. The predicted molar refractivity (Wildman–Crippen MR) is 71.7 cm³/mol. The molecule has 0 spiro atoms. The van der Waals surface area contributed by atoms with Crippen molar-refractivity contribution in [3.8, 4) is 11.5 Å². The summed E-state index contributed by atoms with van der Waals surface area (Å²) in [4.78, 5) is 10.2. The van der Waals surface area contributed by atoms with E-state index in [1.807, 2.05) is 19.9 Å². The maximum Gasteiger partial charge on any atom is 0.133 e. The molecule has 1 aromatic rings. The van der Waals surface area contributed by atoms with E-state index in [1.54, 1.807) is 14.2 Å². The zero-order valence-corrected chi connectivity index (χ0v) is 11.5. The van der Waals surface area contributed by atoms with E-state index in [0.717, 1.165) is 47.4 Å². The lowest BCUT2D eigenvalue weighted by molar-refractivity contribution is -0.107. The van der Waals surface area contributed by atoms with Gasteiger partial charge >= 0.3 is 0 Å².